The van der Waals surface area contributed by atoms with Crippen LogP contribution >= 0.6 is 27.5 Å². The zero-order chi connectivity index (χ0) is 10.9. The van der Waals surface area contributed by atoms with Gasteiger partial charge in [0.1, 0.15) is 0 Å². The van der Waals surface area contributed by atoms with Gasteiger partial charge in [0.05, 0.1) is 5.02 Å². The number of ether oxygens (including phenoxy) is 1. The first-order chi connectivity index (χ1) is 6.29. The van der Waals surface area contributed by atoms with Gasteiger partial charge in [-0.3, -0.25) is 0 Å². The lowest BCUT2D eigenvalue weighted by Crippen LogP contribution is -2.17. The van der Waals surface area contributed by atoms with E-state index in [1.807, 2.05) is 0 Å². The molecular weight excluding hydrogens is 288 g/mol. The number of aromatic hydroxyl groups is 1. The van der Waals surface area contributed by atoms with Gasteiger partial charge in [-0.2, -0.15) is 0 Å². The molecule has 1 aromatic carbocycles. The van der Waals surface area contributed by atoms with Gasteiger partial charge in [-0.1, -0.05) is 27.5 Å². The van der Waals surface area contributed by atoms with Crippen molar-refractivity contribution in [3.63, 3.8) is 0 Å². The topological polar surface area (TPSA) is 29.5 Å². The van der Waals surface area contributed by atoms with Crippen LogP contribution in [0, 0.1) is 0 Å². The Hall–Kier alpha value is -0.620. The van der Waals surface area contributed by atoms with Crippen LogP contribution in [0.5, 0.6) is 11.5 Å². The van der Waals surface area contributed by atoms with Gasteiger partial charge < -0.3 is 9.84 Å². The van der Waals surface area contributed by atoms with Gasteiger partial charge in [-0.05, 0) is 12.1 Å². The van der Waals surface area contributed by atoms with Crippen LogP contribution in [0.15, 0.2) is 16.6 Å². The van der Waals surface area contributed by atoms with Crippen molar-refractivity contribution < 1.29 is 23.0 Å². The average Bonchev–Trinajstić information content (AvgIpc) is 1.96. The molecule has 0 saturated carbocycles. The van der Waals surface area contributed by atoms with Crippen LogP contribution in [0.1, 0.15) is 0 Å². The van der Waals surface area contributed by atoms with Crippen molar-refractivity contribution in [2.75, 3.05) is 0 Å². The summed E-state index contributed by atoms with van der Waals surface area (Å²) in [4.78, 5) is 0. The lowest BCUT2D eigenvalue weighted by Gasteiger charge is -2.11. The predicted octanol–water partition coefficient (Wildman–Crippen LogP) is 3.71. The first-order valence-electron chi connectivity index (χ1n) is 3.23. The SMILES string of the molecule is Oc1c(Cl)cc(Br)cc1OC(F)(F)F. The minimum Gasteiger partial charge on any atom is -0.503 e. The Bertz CT molecular complexity index is 354. The molecule has 1 rings (SSSR count). The zero-order valence-corrected chi connectivity index (χ0v) is 8.74. The molecule has 0 unspecified atom stereocenters. The molecule has 0 bridgehead atoms. The third kappa shape index (κ3) is 2.95. The van der Waals surface area contributed by atoms with Crippen molar-refractivity contribution in [3.8, 4) is 11.5 Å². The Balaban J connectivity index is 3.09. The number of alkyl halides is 3. The number of hydrogen-bond acceptors (Lipinski definition) is 2. The summed E-state index contributed by atoms with van der Waals surface area (Å²) in [5.41, 5.74) is 0. The monoisotopic (exact) mass is 290 g/mol. The van der Waals surface area contributed by atoms with Crippen molar-refractivity contribution in [2.45, 2.75) is 6.36 Å². The number of rotatable bonds is 1. The summed E-state index contributed by atoms with van der Waals surface area (Å²) >= 11 is 8.33. The maximum atomic E-state index is 11.8. The minimum absolute atomic E-state index is 0.223. The Labute approximate surface area is 90.4 Å². The standard InChI is InChI=1S/C7H3BrClF3O2/c8-3-1-4(9)6(13)5(2-3)14-7(10,11)12/h1-2,13H. The fourth-order valence-electron chi connectivity index (χ4n) is 0.745. The summed E-state index contributed by atoms with van der Waals surface area (Å²) in [6, 6.07) is 2.22. The molecule has 0 aliphatic heterocycles. The van der Waals surface area contributed by atoms with E-state index in [1.54, 1.807) is 0 Å². The van der Waals surface area contributed by atoms with E-state index in [0.29, 0.717) is 0 Å². The highest BCUT2D eigenvalue weighted by Gasteiger charge is 2.32. The summed E-state index contributed by atoms with van der Waals surface area (Å²) in [5, 5.41) is 8.88. The molecule has 0 amide bonds. The lowest BCUT2D eigenvalue weighted by atomic mass is 10.3. The van der Waals surface area contributed by atoms with E-state index in [1.165, 1.54) is 6.07 Å². The lowest BCUT2D eigenvalue weighted by molar-refractivity contribution is -0.275. The second-order valence-corrected chi connectivity index (χ2v) is 3.61. The summed E-state index contributed by atoms with van der Waals surface area (Å²) in [5.74, 6) is -1.48. The second kappa shape index (κ2) is 3.86. The number of benzene rings is 1. The van der Waals surface area contributed by atoms with E-state index in [2.05, 4.69) is 20.7 Å². The van der Waals surface area contributed by atoms with E-state index in [-0.39, 0.29) is 9.50 Å². The smallest absolute Gasteiger partial charge is 0.503 e. The van der Waals surface area contributed by atoms with Gasteiger partial charge >= 0.3 is 6.36 Å². The molecule has 2 nitrogen and oxygen atoms in total. The van der Waals surface area contributed by atoms with Crippen molar-refractivity contribution in [3.05, 3.63) is 21.6 Å². The molecule has 0 aliphatic carbocycles. The average molecular weight is 291 g/mol. The van der Waals surface area contributed by atoms with Crippen molar-refractivity contribution in [2.24, 2.45) is 0 Å². The number of halogens is 5. The quantitative estimate of drug-likeness (QED) is 0.855. The van der Waals surface area contributed by atoms with Crippen LogP contribution < -0.4 is 4.74 Å². The summed E-state index contributed by atoms with van der Waals surface area (Å²) < 4.78 is 39.2. The first-order valence-corrected chi connectivity index (χ1v) is 4.40. The van der Waals surface area contributed by atoms with Crippen molar-refractivity contribution in [1.82, 2.24) is 0 Å². The van der Waals surface area contributed by atoms with Gasteiger partial charge in [-0.15, -0.1) is 13.2 Å². The largest absolute Gasteiger partial charge is 0.573 e. The van der Waals surface area contributed by atoms with Crippen LogP contribution in [0.3, 0.4) is 0 Å². The van der Waals surface area contributed by atoms with Gasteiger partial charge in [0.15, 0.2) is 11.5 Å². The van der Waals surface area contributed by atoms with E-state index in [4.69, 9.17) is 16.7 Å². The first kappa shape index (κ1) is 11.5. The number of hydrogen-bond donors (Lipinski definition) is 1. The molecule has 0 spiro atoms. The highest BCUT2D eigenvalue weighted by molar-refractivity contribution is 9.10. The Morgan fingerprint density at radius 2 is 1.93 bits per heavy atom. The van der Waals surface area contributed by atoms with Crippen LogP contribution in [-0.4, -0.2) is 11.5 Å². The van der Waals surface area contributed by atoms with Crippen LogP contribution in [0.2, 0.25) is 5.02 Å². The molecule has 0 saturated heterocycles. The minimum atomic E-state index is -4.86. The highest BCUT2D eigenvalue weighted by Crippen LogP contribution is 2.39. The van der Waals surface area contributed by atoms with E-state index < -0.39 is 17.9 Å². The molecule has 0 aromatic heterocycles. The molecule has 0 atom stereocenters. The third-order valence-corrected chi connectivity index (χ3v) is 1.96. The Morgan fingerprint density at radius 3 is 2.43 bits per heavy atom. The molecule has 0 radical (unpaired) electrons. The van der Waals surface area contributed by atoms with Crippen molar-refractivity contribution in [1.29, 1.82) is 0 Å². The van der Waals surface area contributed by atoms with E-state index >= 15 is 0 Å². The fourth-order valence-corrected chi connectivity index (χ4v) is 1.52. The molecule has 78 valence electrons. The van der Waals surface area contributed by atoms with Crippen molar-refractivity contribution >= 4 is 27.5 Å². The van der Waals surface area contributed by atoms with Gasteiger partial charge in [0.2, 0.25) is 0 Å². The molecule has 1 N–H and O–H groups in total. The third-order valence-electron chi connectivity index (χ3n) is 1.22. The molecule has 1 aromatic rings. The Morgan fingerprint density at radius 1 is 1.36 bits per heavy atom. The van der Waals surface area contributed by atoms with E-state index in [0.717, 1.165) is 6.07 Å². The van der Waals surface area contributed by atoms with Gasteiger partial charge in [0, 0.05) is 4.47 Å². The molecule has 0 aliphatic rings. The normalized spacial score (nSPS) is 11.5. The highest BCUT2D eigenvalue weighted by atomic mass is 79.9. The summed E-state index contributed by atoms with van der Waals surface area (Å²) in [6.45, 7) is 0. The maximum Gasteiger partial charge on any atom is 0.573 e. The number of phenolic OH excluding ortho intramolecular Hbond substituents is 1. The molecule has 0 fully saturated rings. The number of phenols is 1. The van der Waals surface area contributed by atoms with Gasteiger partial charge in [-0.25, -0.2) is 0 Å². The second-order valence-electron chi connectivity index (χ2n) is 2.28. The summed E-state index contributed by atoms with van der Waals surface area (Å²) in [7, 11) is 0. The maximum absolute atomic E-state index is 11.8. The van der Waals surface area contributed by atoms with Crippen LogP contribution in [0.25, 0.3) is 0 Å². The van der Waals surface area contributed by atoms with Crippen LogP contribution in [-0.2, 0) is 0 Å². The molecule has 7 heteroatoms. The molecule has 0 heterocycles. The molecule has 14 heavy (non-hydrogen) atoms. The van der Waals surface area contributed by atoms with E-state index in [9.17, 15) is 13.2 Å². The fraction of sp³-hybridized carbons (Fsp3) is 0.143. The zero-order valence-electron chi connectivity index (χ0n) is 6.40. The van der Waals surface area contributed by atoms with Gasteiger partial charge in [0.25, 0.3) is 0 Å². The molecular formula is C7H3BrClF3O2. The summed E-state index contributed by atoms with van der Waals surface area (Å²) in [6.07, 6.45) is -4.86. The predicted molar refractivity (Wildman–Crippen MR) is 47.5 cm³/mol. The Kier molecular flexibility index (Phi) is 3.16. The van der Waals surface area contributed by atoms with Crippen LogP contribution in [0.4, 0.5) is 13.2 Å².